The van der Waals surface area contributed by atoms with E-state index in [1.165, 1.54) is 0 Å². The van der Waals surface area contributed by atoms with Crippen molar-refractivity contribution >= 4 is 11.0 Å². The third-order valence-electron chi connectivity index (χ3n) is 3.74. The normalized spacial score (nSPS) is 11.9. The molecule has 2 aromatic heterocycles. The van der Waals surface area contributed by atoms with E-state index in [0.717, 1.165) is 22.2 Å². The number of benzene rings is 1. The van der Waals surface area contributed by atoms with E-state index in [4.69, 9.17) is 4.42 Å². The zero-order chi connectivity index (χ0) is 14.2. The standard InChI is InChI=1S/C17H16FNO/c1-17(2,16-9-5-6-12(10-18)19-16)14-11-20-15-8-4-3-7-13(14)15/h3-9,11H,10H2,1-2H3. The topological polar surface area (TPSA) is 26.0 Å². The fourth-order valence-corrected chi connectivity index (χ4v) is 2.50. The van der Waals surface area contributed by atoms with Gasteiger partial charge in [0.15, 0.2) is 0 Å². The fourth-order valence-electron chi connectivity index (χ4n) is 2.50. The summed E-state index contributed by atoms with van der Waals surface area (Å²) in [6.07, 6.45) is 1.77. The minimum absolute atomic E-state index is 0.336. The summed E-state index contributed by atoms with van der Waals surface area (Å²) in [5.74, 6) is 0. The van der Waals surface area contributed by atoms with E-state index in [9.17, 15) is 4.39 Å². The molecule has 0 saturated carbocycles. The Morgan fingerprint density at radius 2 is 1.90 bits per heavy atom. The summed E-state index contributed by atoms with van der Waals surface area (Å²) in [6.45, 7) is 3.61. The average Bonchev–Trinajstić information content (AvgIpc) is 2.92. The van der Waals surface area contributed by atoms with E-state index in [1.807, 2.05) is 36.4 Å². The minimum atomic E-state index is -0.546. The molecule has 1 aromatic carbocycles. The SMILES string of the molecule is CC(C)(c1cccc(CF)n1)c1coc2ccccc12. The summed E-state index contributed by atoms with van der Waals surface area (Å²) in [5.41, 5.74) is 2.90. The van der Waals surface area contributed by atoms with Crippen molar-refractivity contribution in [2.75, 3.05) is 0 Å². The maximum atomic E-state index is 12.8. The molecule has 2 nitrogen and oxygen atoms in total. The molecule has 0 bridgehead atoms. The number of para-hydroxylation sites is 1. The van der Waals surface area contributed by atoms with Gasteiger partial charge in [0, 0.05) is 16.4 Å². The number of rotatable bonds is 3. The van der Waals surface area contributed by atoms with Crippen LogP contribution in [0.4, 0.5) is 4.39 Å². The van der Waals surface area contributed by atoms with Gasteiger partial charge in [-0.15, -0.1) is 0 Å². The van der Waals surface area contributed by atoms with Crippen LogP contribution in [-0.2, 0) is 12.1 Å². The lowest BCUT2D eigenvalue weighted by atomic mass is 9.81. The molecule has 0 fully saturated rings. The molecule has 3 heteroatoms. The number of alkyl halides is 1. The van der Waals surface area contributed by atoms with Crippen LogP contribution in [0.25, 0.3) is 11.0 Å². The Kier molecular flexibility index (Phi) is 3.05. The van der Waals surface area contributed by atoms with E-state index in [1.54, 1.807) is 12.3 Å². The van der Waals surface area contributed by atoms with Crippen LogP contribution in [0.1, 0.15) is 30.8 Å². The molecule has 3 aromatic rings. The second-order valence-electron chi connectivity index (χ2n) is 5.42. The molecule has 20 heavy (non-hydrogen) atoms. The van der Waals surface area contributed by atoms with E-state index >= 15 is 0 Å². The molecule has 0 unspecified atom stereocenters. The van der Waals surface area contributed by atoms with Gasteiger partial charge in [-0.25, -0.2) is 4.39 Å². The van der Waals surface area contributed by atoms with Crippen molar-refractivity contribution in [2.45, 2.75) is 25.9 Å². The van der Waals surface area contributed by atoms with Gasteiger partial charge in [-0.3, -0.25) is 4.98 Å². The first-order chi connectivity index (χ1) is 9.63. The van der Waals surface area contributed by atoms with Gasteiger partial charge in [-0.1, -0.05) is 38.1 Å². The monoisotopic (exact) mass is 269 g/mol. The summed E-state index contributed by atoms with van der Waals surface area (Å²) >= 11 is 0. The molecule has 0 aliphatic rings. The van der Waals surface area contributed by atoms with Crippen LogP contribution in [0.2, 0.25) is 0 Å². The number of pyridine rings is 1. The molecule has 0 radical (unpaired) electrons. The quantitative estimate of drug-likeness (QED) is 0.693. The van der Waals surface area contributed by atoms with E-state index in [2.05, 4.69) is 18.8 Å². The molecule has 102 valence electrons. The highest BCUT2D eigenvalue weighted by atomic mass is 19.1. The number of fused-ring (bicyclic) bond motifs is 1. The van der Waals surface area contributed by atoms with Crippen LogP contribution in [0.3, 0.4) is 0 Å². The number of nitrogens with zero attached hydrogens (tertiary/aromatic N) is 1. The van der Waals surface area contributed by atoms with Crippen molar-refractivity contribution in [3.05, 3.63) is 65.7 Å². The van der Waals surface area contributed by atoms with Crippen LogP contribution in [-0.4, -0.2) is 4.98 Å². The number of hydrogen-bond donors (Lipinski definition) is 0. The molecule has 0 N–H and O–H groups in total. The second-order valence-corrected chi connectivity index (χ2v) is 5.42. The molecule has 0 aliphatic carbocycles. The Balaban J connectivity index is 2.15. The van der Waals surface area contributed by atoms with Crippen molar-refractivity contribution in [3.8, 4) is 0 Å². The molecule has 0 saturated heterocycles. The zero-order valence-corrected chi connectivity index (χ0v) is 11.6. The average molecular weight is 269 g/mol. The predicted octanol–water partition coefficient (Wildman–Crippen LogP) is 4.62. The molecule has 0 aliphatic heterocycles. The van der Waals surface area contributed by atoms with Gasteiger partial charge in [0.2, 0.25) is 0 Å². The van der Waals surface area contributed by atoms with Crippen LogP contribution < -0.4 is 0 Å². The van der Waals surface area contributed by atoms with Gasteiger partial charge >= 0.3 is 0 Å². The lowest BCUT2D eigenvalue weighted by Gasteiger charge is -2.23. The number of hydrogen-bond acceptors (Lipinski definition) is 2. The van der Waals surface area contributed by atoms with Gasteiger partial charge in [0.25, 0.3) is 0 Å². The molecular weight excluding hydrogens is 253 g/mol. The molecule has 0 spiro atoms. The number of furan rings is 1. The molecular formula is C17H16FNO. The van der Waals surface area contributed by atoms with Crippen molar-refractivity contribution in [1.29, 1.82) is 0 Å². The first kappa shape index (κ1) is 12.9. The first-order valence-electron chi connectivity index (χ1n) is 6.62. The van der Waals surface area contributed by atoms with Gasteiger partial charge in [0.05, 0.1) is 17.7 Å². The van der Waals surface area contributed by atoms with Gasteiger partial charge in [-0.05, 0) is 18.2 Å². The number of aromatic nitrogens is 1. The maximum absolute atomic E-state index is 12.8. The fraction of sp³-hybridized carbons (Fsp3) is 0.235. The lowest BCUT2D eigenvalue weighted by molar-refractivity contribution is 0.471. The highest BCUT2D eigenvalue weighted by Gasteiger charge is 2.28. The number of halogens is 1. The third kappa shape index (κ3) is 1.99. The highest BCUT2D eigenvalue weighted by molar-refractivity contribution is 5.82. The van der Waals surface area contributed by atoms with E-state index in [-0.39, 0.29) is 5.41 Å². The van der Waals surface area contributed by atoms with Gasteiger partial charge in [0.1, 0.15) is 12.3 Å². The minimum Gasteiger partial charge on any atom is -0.464 e. The zero-order valence-electron chi connectivity index (χ0n) is 11.6. The van der Waals surface area contributed by atoms with Crippen LogP contribution >= 0.6 is 0 Å². The highest BCUT2D eigenvalue weighted by Crippen LogP contribution is 2.36. The maximum Gasteiger partial charge on any atom is 0.134 e. The first-order valence-corrected chi connectivity index (χ1v) is 6.62. The second kappa shape index (κ2) is 4.75. The Bertz CT molecular complexity index is 745. The van der Waals surface area contributed by atoms with Crippen molar-refractivity contribution < 1.29 is 8.81 Å². The Morgan fingerprint density at radius 3 is 2.70 bits per heavy atom. The van der Waals surface area contributed by atoms with Crippen LogP contribution in [0.5, 0.6) is 0 Å². The molecule has 3 rings (SSSR count). The van der Waals surface area contributed by atoms with Gasteiger partial charge in [-0.2, -0.15) is 0 Å². The summed E-state index contributed by atoms with van der Waals surface area (Å²) in [5, 5.41) is 1.07. The third-order valence-corrected chi connectivity index (χ3v) is 3.74. The molecule has 0 amide bonds. The van der Waals surface area contributed by atoms with Crippen molar-refractivity contribution in [3.63, 3.8) is 0 Å². The van der Waals surface area contributed by atoms with Gasteiger partial charge < -0.3 is 4.42 Å². The van der Waals surface area contributed by atoms with E-state index in [0.29, 0.717) is 5.69 Å². The Labute approximate surface area is 117 Å². The van der Waals surface area contributed by atoms with Crippen LogP contribution in [0, 0.1) is 0 Å². The van der Waals surface area contributed by atoms with Crippen molar-refractivity contribution in [2.24, 2.45) is 0 Å². The smallest absolute Gasteiger partial charge is 0.134 e. The summed E-state index contributed by atoms with van der Waals surface area (Å²) < 4.78 is 18.4. The summed E-state index contributed by atoms with van der Waals surface area (Å²) in [4.78, 5) is 4.41. The Morgan fingerprint density at radius 1 is 1.10 bits per heavy atom. The predicted molar refractivity (Wildman–Crippen MR) is 77.4 cm³/mol. The summed E-state index contributed by atoms with van der Waals surface area (Å²) in [6, 6.07) is 13.4. The molecule has 0 atom stereocenters. The Hall–Kier alpha value is -2.16. The largest absolute Gasteiger partial charge is 0.464 e. The summed E-state index contributed by atoms with van der Waals surface area (Å²) in [7, 11) is 0. The van der Waals surface area contributed by atoms with Crippen molar-refractivity contribution in [1.82, 2.24) is 4.98 Å². The van der Waals surface area contributed by atoms with E-state index < -0.39 is 6.67 Å². The molecule has 2 heterocycles. The lowest BCUT2D eigenvalue weighted by Crippen LogP contribution is -2.20. The van der Waals surface area contributed by atoms with Crippen LogP contribution in [0.15, 0.2) is 53.1 Å².